The molecule has 9 heteroatoms. The normalized spacial score (nSPS) is 12.9. The van der Waals surface area contributed by atoms with Crippen molar-refractivity contribution in [1.82, 2.24) is 15.5 Å². The minimum atomic E-state index is -1.13. The van der Waals surface area contributed by atoms with Crippen molar-refractivity contribution in [3.8, 4) is 11.5 Å². The maximum absolute atomic E-state index is 14.2. The highest BCUT2D eigenvalue weighted by Crippen LogP contribution is 2.32. The third-order valence-corrected chi connectivity index (χ3v) is 5.67. The molecule has 2 aromatic carbocycles. The Labute approximate surface area is 225 Å². The minimum absolute atomic E-state index is 0.0690. The molecule has 0 bridgehead atoms. The van der Waals surface area contributed by atoms with Crippen LogP contribution in [0.15, 0.2) is 42.5 Å². The van der Waals surface area contributed by atoms with E-state index in [9.17, 15) is 24.6 Å². The Morgan fingerprint density at radius 2 is 1.63 bits per heavy atom. The molecular weight excluding hydrogens is 486 g/mol. The second kappa shape index (κ2) is 13.2. The van der Waals surface area contributed by atoms with Crippen molar-refractivity contribution in [2.45, 2.75) is 85.0 Å². The highest BCUT2D eigenvalue weighted by molar-refractivity contribution is 5.93. The lowest BCUT2D eigenvalue weighted by atomic mass is 9.97. The number of rotatable bonds is 10. The number of para-hydroxylation sites is 1. The number of phenols is 2. The van der Waals surface area contributed by atoms with Gasteiger partial charge in [0.15, 0.2) is 0 Å². The highest BCUT2D eigenvalue weighted by Gasteiger charge is 2.37. The lowest BCUT2D eigenvalue weighted by molar-refractivity contribution is -0.142. The summed E-state index contributed by atoms with van der Waals surface area (Å²) >= 11 is 0. The Morgan fingerprint density at radius 3 is 2.18 bits per heavy atom. The van der Waals surface area contributed by atoms with Gasteiger partial charge in [-0.3, -0.25) is 9.59 Å². The van der Waals surface area contributed by atoms with Crippen LogP contribution >= 0.6 is 0 Å². The van der Waals surface area contributed by atoms with Crippen molar-refractivity contribution < 1.29 is 29.3 Å². The molecule has 38 heavy (non-hydrogen) atoms. The Kier molecular flexibility index (Phi) is 10.6. The summed E-state index contributed by atoms with van der Waals surface area (Å²) in [7, 11) is 0. The fraction of sp³-hybridized carbons (Fsp3) is 0.483. The lowest BCUT2D eigenvalue weighted by Crippen LogP contribution is -2.54. The SMILES string of the molecule is CCCN(C(=O)C(Cc1ccc(O)cc1)NC(=O)OC(C)(C)C)C(C(=O)NC(C)C)c1cccc(C)c1O. The summed E-state index contributed by atoms with van der Waals surface area (Å²) in [4.78, 5) is 41.8. The van der Waals surface area contributed by atoms with E-state index in [0.717, 1.165) is 0 Å². The molecule has 0 fully saturated rings. The van der Waals surface area contributed by atoms with Gasteiger partial charge in [-0.25, -0.2) is 4.79 Å². The predicted octanol–water partition coefficient (Wildman–Crippen LogP) is 4.35. The summed E-state index contributed by atoms with van der Waals surface area (Å²) in [5, 5.41) is 26.1. The number of carbonyl (C=O) groups is 3. The van der Waals surface area contributed by atoms with Crippen molar-refractivity contribution in [2.75, 3.05) is 6.54 Å². The zero-order valence-corrected chi connectivity index (χ0v) is 23.4. The molecule has 0 aliphatic heterocycles. The molecule has 9 nitrogen and oxygen atoms in total. The second-order valence-corrected chi connectivity index (χ2v) is 10.7. The van der Waals surface area contributed by atoms with Crippen LogP contribution in [0.2, 0.25) is 0 Å². The van der Waals surface area contributed by atoms with E-state index in [1.165, 1.54) is 17.0 Å². The van der Waals surface area contributed by atoms with Crippen molar-refractivity contribution in [2.24, 2.45) is 0 Å². The number of hydrogen-bond donors (Lipinski definition) is 4. The molecule has 0 radical (unpaired) electrons. The molecule has 0 saturated carbocycles. The van der Waals surface area contributed by atoms with Crippen molar-refractivity contribution >= 4 is 17.9 Å². The van der Waals surface area contributed by atoms with Gasteiger partial charge in [-0.15, -0.1) is 0 Å². The van der Waals surface area contributed by atoms with E-state index in [4.69, 9.17) is 4.74 Å². The van der Waals surface area contributed by atoms with Crippen molar-refractivity contribution in [1.29, 1.82) is 0 Å². The molecule has 0 heterocycles. The fourth-order valence-corrected chi connectivity index (χ4v) is 4.04. The topological polar surface area (TPSA) is 128 Å². The van der Waals surface area contributed by atoms with E-state index < -0.39 is 35.6 Å². The predicted molar refractivity (Wildman–Crippen MR) is 146 cm³/mol. The first kappa shape index (κ1) is 30.5. The average molecular weight is 528 g/mol. The van der Waals surface area contributed by atoms with Crippen LogP contribution < -0.4 is 10.6 Å². The minimum Gasteiger partial charge on any atom is -0.508 e. The molecule has 2 atom stereocenters. The summed E-state index contributed by atoms with van der Waals surface area (Å²) < 4.78 is 5.41. The zero-order valence-electron chi connectivity index (χ0n) is 23.4. The largest absolute Gasteiger partial charge is 0.508 e. The van der Waals surface area contributed by atoms with Crippen LogP contribution in [0, 0.1) is 6.92 Å². The number of ether oxygens (including phenoxy) is 1. The van der Waals surface area contributed by atoms with Gasteiger partial charge in [-0.1, -0.05) is 37.3 Å². The van der Waals surface area contributed by atoms with E-state index in [2.05, 4.69) is 10.6 Å². The zero-order chi connectivity index (χ0) is 28.6. The number of hydrogen-bond acceptors (Lipinski definition) is 6. The maximum atomic E-state index is 14.2. The van der Waals surface area contributed by atoms with Crippen LogP contribution in [0.1, 0.15) is 70.7 Å². The van der Waals surface area contributed by atoms with Gasteiger partial charge in [-0.05, 0) is 71.2 Å². The Hall–Kier alpha value is -3.75. The van der Waals surface area contributed by atoms with Crippen LogP contribution in [0.5, 0.6) is 11.5 Å². The standard InChI is InChI=1S/C29H41N3O6/c1-8-16-32(24(26(35)30-18(2)3)22-11-9-10-19(4)25(22)34)27(36)23(31-28(37)38-29(5,6)7)17-20-12-14-21(33)15-13-20/h9-15,18,23-24,33-34H,8,16-17H2,1-7H3,(H,30,35)(H,31,37). The van der Waals surface area contributed by atoms with E-state index in [1.807, 2.05) is 20.8 Å². The maximum Gasteiger partial charge on any atom is 0.408 e. The van der Waals surface area contributed by atoms with E-state index in [0.29, 0.717) is 23.1 Å². The quantitative estimate of drug-likeness (QED) is 0.364. The Bertz CT molecular complexity index is 1110. The molecule has 4 N–H and O–H groups in total. The number of nitrogens with zero attached hydrogens (tertiary/aromatic N) is 1. The summed E-state index contributed by atoms with van der Waals surface area (Å²) in [6, 6.07) is 8.96. The van der Waals surface area contributed by atoms with Gasteiger partial charge < -0.3 is 30.5 Å². The van der Waals surface area contributed by atoms with Crippen LogP contribution in [0.25, 0.3) is 0 Å². The van der Waals surface area contributed by atoms with Crippen molar-refractivity contribution in [3.05, 3.63) is 59.2 Å². The second-order valence-electron chi connectivity index (χ2n) is 10.7. The highest BCUT2D eigenvalue weighted by atomic mass is 16.6. The number of amides is 3. The van der Waals surface area contributed by atoms with Crippen LogP contribution in [0.4, 0.5) is 4.79 Å². The Morgan fingerprint density at radius 1 is 1.00 bits per heavy atom. The number of nitrogens with one attached hydrogen (secondary N) is 2. The van der Waals surface area contributed by atoms with E-state index in [-0.39, 0.29) is 30.5 Å². The third kappa shape index (κ3) is 8.68. The molecule has 0 aliphatic rings. The van der Waals surface area contributed by atoms with E-state index in [1.54, 1.807) is 58.0 Å². The fourth-order valence-electron chi connectivity index (χ4n) is 4.04. The summed E-state index contributed by atoms with van der Waals surface area (Å²) in [6.07, 6.45) is -0.147. The monoisotopic (exact) mass is 527 g/mol. The number of aromatic hydroxyl groups is 2. The average Bonchev–Trinajstić information content (AvgIpc) is 2.80. The molecule has 3 amide bonds. The number of aryl methyl sites for hydroxylation is 1. The Balaban J connectivity index is 2.57. The van der Waals surface area contributed by atoms with Crippen LogP contribution in [0.3, 0.4) is 0 Å². The first-order valence-electron chi connectivity index (χ1n) is 12.9. The lowest BCUT2D eigenvalue weighted by Gasteiger charge is -2.35. The molecule has 0 spiro atoms. The van der Waals surface area contributed by atoms with Crippen molar-refractivity contribution in [3.63, 3.8) is 0 Å². The number of benzene rings is 2. The first-order chi connectivity index (χ1) is 17.7. The third-order valence-electron chi connectivity index (χ3n) is 5.67. The number of carbonyl (C=O) groups excluding carboxylic acids is 3. The molecule has 0 saturated heterocycles. The molecule has 2 aromatic rings. The molecule has 0 aromatic heterocycles. The molecular formula is C29H41N3O6. The van der Waals surface area contributed by atoms with Gasteiger partial charge in [0.1, 0.15) is 29.2 Å². The summed E-state index contributed by atoms with van der Waals surface area (Å²) in [5.74, 6) is -0.941. The summed E-state index contributed by atoms with van der Waals surface area (Å²) in [5.41, 5.74) is 0.772. The smallest absolute Gasteiger partial charge is 0.408 e. The van der Waals surface area contributed by atoms with Gasteiger partial charge in [-0.2, -0.15) is 0 Å². The molecule has 0 aliphatic carbocycles. The number of phenolic OH excluding ortho intramolecular Hbond substituents is 2. The van der Waals surface area contributed by atoms with E-state index >= 15 is 0 Å². The van der Waals surface area contributed by atoms with Gasteiger partial charge in [0.25, 0.3) is 0 Å². The van der Waals surface area contributed by atoms with Gasteiger partial charge in [0, 0.05) is 24.6 Å². The van der Waals surface area contributed by atoms with Gasteiger partial charge in [0.2, 0.25) is 11.8 Å². The van der Waals surface area contributed by atoms with Crippen LogP contribution in [-0.4, -0.2) is 57.3 Å². The van der Waals surface area contributed by atoms with Gasteiger partial charge >= 0.3 is 6.09 Å². The number of alkyl carbamates (subject to hydrolysis) is 1. The van der Waals surface area contributed by atoms with Crippen LogP contribution in [-0.2, 0) is 20.7 Å². The first-order valence-corrected chi connectivity index (χ1v) is 12.9. The molecule has 208 valence electrons. The molecule has 2 unspecified atom stereocenters. The van der Waals surface area contributed by atoms with Gasteiger partial charge in [0.05, 0.1) is 0 Å². The summed E-state index contributed by atoms with van der Waals surface area (Å²) in [6.45, 7) is 12.6. The molecule has 2 rings (SSSR count).